The second-order valence-corrected chi connectivity index (χ2v) is 8.23. The van der Waals surface area contributed by atoms with E-state index in [1.165, 1.54) is 0 Å². The van der Waals surface area contributed by atoms with E-state index in [4.69, 9.17) is 9.72 Å². The van der Waals surface area contributed by atoms with Gasteiger partial charge in [-0.1, -0.05) is 44.1 Å². The number of ether oxygens (including phenoxy) is 1. The van der Waals surface area contributed by atoms with Crippen LogP contribution < -0.4 is 4.90 Å². The number of esters is 1. The quantitative estimate of drug-likeness (QED) is 0.289. The van der Waals surface area contributed by atoms with E-state index in [9.17, 15) is 9.59 Å². The third-order valence-electron chi connectivity index (χ3n) is 6.31. The molecule has 2 heterocycles. The first-order valence-electron chi connectivity index (χ1n) is 11.3. The number of hydrogen-bond acceptors (Lipinski definition) is 4. The Morgan fingerprint density at radius 2 is 2.03 bits per heavy atom. The molecule has 1 aromatic heterocycles. The number of benzene rings is 1. The van der Waals surface area contributed by atoms with Crippen LogP contribution >= 0.6 is 0 Å². The summed E-state index contributed by atoms with van der Waals surface area (Å²) in [5.41, 5.74) is 1.84. The van der Waals surface area contributed by atoms with Crippen molar-refractivity contribution < 1.29 is 14.3 Å². The van der Waals surface area contributed by atoms with E-state index in [1.54, 1.807) is 11.8 Å². The van der Waals surface area contributed by atoms with Gasteiger partial charge in [-0.2, -0.15) is 0 Å². The first-order chi connectivity index (χ1) is 14.7. The van der Waals surface area contributed by atoms with Gasteiger partial charge < -0.3 is 9.30 Å². The average Bonchev–Trinajstić information content (AvgIpc) is 3.14. The largest absolute Gasteiger partial charge is 0.465 e. The van der Waals surface area contributed by atoms with E-state index in [-0.39, 0.29) is 24.5 Å². The average molecular weight is 410 g/mol. The number of para-hydroxylation sites is 2. The summed E-state index contributed by atoms with van der Waals surface area (Å²) in [4.78, 5) is 33.3. The minimum atomic E-state index is -0.826. The molecule has 1 aromatic carbocycles. The lowest BCUT2D eigenvalue weighted by molar-refractivity contribution is -0.155. The van der Waals surface area contributed by atoms with Crippen LogP contribution in [-0.4, -0.2) is 34.6 Å². The number of aromatic nitrogens is 2. The van der Waals surface area contributed by atoms with Gasteiger partial charge in [-0.15, -0.1) is 0 Å². The molecule has 6 heteroatoms. The highest BCUT2D eigenvalue weighted by molar-refractivity contribution is 6.08. The van der Waals surface area contributed by atoms with Crippen LogP contribution in [0, 0.1) is 11.8 Å². The van der Waals surface area contributed by atoms with Crippen LogP contribution in [-0.2, 0) is 14.3 Å². The maximum absolute atomic E-state index is 13.7. The summed E-state index contributed by atoms with van der Waals surface area (Å²) in [6.45, 7) is 4.78. The first kappa shape index (κ1) is 20.6. The number of rotatable bonds is 7. The Labute approximate surface area is 177 Å². The zero-order valence-electron chi connectivity index (χ0n) is 17.9. The van der Waals surface area contributed by atoms with Gasteiger partial charge in [0.15, 0.2) is 5.92 Å². The Morgan fingerprint density at radius 3 is 2.77 bits per heavy atom. The van der Waals surface area contributed by atoms with Crippen molar-refractivity contribution in [1.82, 2.24) is 9.55 Å². The zero-order valence-corrected chi connectivity index (χ0v) is 17.9. The Kier molecular flexibility index (Phi) is 6.21. The summed E-state index contributed by atoms with van der Waals surface area (Å²) in [6.07, 6.45) is 10.1. The van der Waals surface area contributed by atoms with E-state index in [2.05, 4.69) is 23.6 Å². The molecule has 0 spiro atoms. The highest BCUT2D eigenvalue weighted by Gasteiger charge is 2.49. The summed E-state index contributed by atoms with van der Waals surface area (Å²) in [5.74, 6) is -0.522. The standard InChI is InChI=1S/C24H31N3O3/c1-3-5-11-16-26-22(28)20(23(29)30-4-2)21(17-12-7-6-8-13-17)27-19-15-10-9-14-18(19)25-24(26)27/h6-7,9-10,14-15,17,20-21H,3-5,8,11-13,16H2,1-2H3/t17-,20-,21+/m1/s1. The van der Waals surface area contributed by atoms with Crippen LogP contribution in [0.1, 0.15) is 58.4 Å². The Morgan fingerprint density at radius 1 is 1.20 bits per heavy atom. The van der Waals surface area contributed by atoms with Gasteiger partial charge >= 0.3 is 5.97 Å². The number of nitrogens with zero attached hydrogens (tertiary/aromatic N) is 3. The van der Waals surface area contributed by atoms with Gasteiger partial charge in [0.25, 0.3) is 0 Å². The molecule has 6 nitrogen and oxygen atoms in total. The highest BCUT2D eigenvalue weighted by atomic mass is 16.5. The summed E-state index contributed by atoms with van der Waals surface area (Å²) < 4.78 is 7.57. The SMILES string of the molecule is CCCCCN1C(=O)[C@H](C(=O)OCC)[C@H]([C@@H]2CC=CCC2)n2c1nc1ccccc12. The molecule has 3 atom stereocenters. The summed E-state index contributed by atoms with van der Waals surface area (Å²) >= 11 is 0. The van der Waals surface area contributed by atoms with Crippen molar-refractivity contribution in [1.29, 1.82) is 0 Å². The number of carbonyl (C=O) groups excluding carboxylic acids is 2. The number of imidazole rings is 1. The zero-order chi connectivity index (χ0) is 21.1. The van der Waals surface area contributed by atoms with Crippen LogP contribution in [0.5, 0.6) is 0 Å². The Hall–Kier alpha value is -2.63. The van der Waals surface area contributed by atoms with Crippen molar-refractivity contribution in [3.05, 3.63) is 36.4 Å². The van der Waals surface area contributed by atoms with Gasteiger partial charge in [0.1, 0.15) is 0 Å². The Balaban J connectivity index is 1.86. The van der Waals surface area contributed by atoms with Gasteiger partial charge in [0, 0.05) is 6.54 Å². The fraction of sp³-hybridized carbons (Fsp3) is 0.542. The summed E-state index contributed by atoms with van der Waals surface area (Å²) in [6, 6.07) is 7.70. The third-order valence-corrected chi connectivity index (χ3v) is 6.31. The second-order valence-electron chi connectivity index (χ2n) is 8.23. The van der Waals surface area contributed by atoms with Crippen molar-refractivity contribution in [3.8, 4) is 0 Å². The summed E-state index contributed by atoms with van der Waals surface area (Å²) in [5, 5.41) is 0. The van der Waals surface area contributed by atoms with E-state index < -0.39 is 11.9 Å². The lowest BCUT2D eigenvalue weighted by Gasteiger charge is -2.41. The number of amides is 1. The molecular formula is C24H31N3O3. The first-order valence-corrected chi connectivity index (χ1v) is 11.3. The molecule has 30 heavy (non-hydrogen) atoms. The molecule has 4 rings (SSSR count). The lowest BCUT2D eigenvalue weighted by atomic mass is 9.79. The minimum absolute atomic E-state index is 0.160. The molecule has 2 aliphatic rings. The van der Waals surface area contributed by atoms with Gasteiger partial charge in [-0.3, -0.25) is 14.5 Å². The molecule has 1 aliphatic heterocycles. The predicted octanol–water partition coefficient (Wildman–Crippen LogP) is 4.65. The van der Waals surface area contributed by atoms with Gasteiger partial charge in [0.2, 0.25) is 11.9 Å². The molecule has 0 unspecified atom stereocenters. The van der Waals surface area contributed by atoms with Crippen LogP contribution in [0.15, 0.2) is 36.4 Å². The number of anilines is 1. The molecule has 2 aromatic rings. The number of unbranched alkanes of at least 4 members (excludes halogenated alkanes) is 2. The van der Waals surface area contributed by atoms with Crippen molar-refractivity contribution in [3.63, 3.8) is 0 Å². The van der Waals surface area contributed by atoms with Gasteiger partial charge in [0.05, 0.1) is 23.7 Å². The van der Waals surface area contributed by atoms with Gasteiger partial charge in [-0.25, -0.2) is 4.98 Å². The molecule has 0 saturated carbocycles. The molecule has 0 bridgehead atoms. The van der Waals surface area contributed by atoms with Crippen molar-refractivity contribution in [2.75, 3.05) is 18.1 Å². The van der Waals surface area contributed by atoms with E-state index in [0.717, 1.165) is 49.6 Å². The number of carbonyl (C=O) groups is 2. The number of allylic oxidation sites excluding steroid dienone is 2. The van der Waals surface area contributed by atoms with Crippen LogP contribution in [0.2, 0.25) is 0 Å². The molecule has 0 N–H and O–H groups in total. The van der Waals surface area contributed by atoms with E-state index in [0.29, 0.717) is 12.5 Å². The predicted molar refractivity (Wildman–Crippen MR) is 117 cm³/mol. The highest BCUT2D eigenvalue weighted by Crippen LogP contribution is 2.44. The smallest absolute Gasteiger partial charge is 0.320 e. The molecular weight excluding hydrogens is 378 g/mol. The van der Waals surface area contributed by atoms with Crippen LogP contribution in [0.4, 0.5) is 5.95 Å². The van der Waals surface area contributed by atoms with Crippen LogP contribution in [0.25, 0.3) is 11.0 Å². The second kappa shape index (κ2) is 9.02. The minimum Gasteiger partial charge on any atom is -0.465 e. The Bertz CT molecular complexity index is 948. The molecule has 0 fully saturated rings. The topological polar surface area (TPSA) is 64.4 Å². The molecule has 160 valence electrons. The molecule has 1 amide bonds. The lowest BCUT2D eigenvalue weighted by Crippen LogP contribution is -2.52. The summed E-state index contributed by atoms with van der Waals surface area (Å²) in [7, 11) is 0. The number of fused-ring (bicyclic) bond motifs is 3. The normalized spacial score (nSPS) is 23.6. The van der Waals surface area contributed by atoms with Crippen molar-refractivity contribution in [2.24, 2.45) is 11.8 Å². The van der Waals surface area contributed by atoms with Crippen LogP contribution in [0.3, 0.4) is 0 Å². The van der Waals surface area contributed by atoms with Crippen molar-refractivity contribution in [2.45, 2.75) is 58.4 Å². The molecule has 1 aliphatic carbocycles. The molecule has 0 saturated heterocycles. The molecule has 0 radical (unpaired) electrons. The maximum Gasteiger partial charge on any atom is 0.320 e. The van der Waals surface area contributed by atoms with E-state index in [1.807, 2.05) is 24.3 Å². The van der Waals surface area contributed by atoms with Gasteiger partial charge in [-0.05, 0) is 50.7 Å². The van der Waals surface area contributed by atoms with Crippen molar-refractivity contribution >= 4 is 28.9 Å². The fourth-order valence-electron chi connectivity index (χ4n) is 4.89. The monoisotopic (exact) mass is 409 g/mol. The number of hydrogen-bond donors (Lipinski definition) is 0. The van der Waals surface area contributed by atoms with E-state index >= 15 is 0 Å². The maximum atomic E-state index is 13.7. The third kappa shape index (κ3) is 3.64. The fourth-order valence-corrected chi connectivity index (χ4v) is 4.89.